The molecule has 0 aromatic carbocycles. The smallest absolute Gasteiger partial charge is 0.163 e. The molecule has 6 aliphatic rings. The number of rotatable bonds is 8. The van der Waals surface area contributed by atoms with Crippen LogP contribution >= 0.6 is 0 Å². The summed E-state index contributed by atoms with van der Waals surface area (Å²) < 4.78 is 24.3. The molecule has 60 heavy (non-hydrogen) atoms. The minimum absolute atomic E-state index is 0.0400. The van der Waals surface area contributed by atoms with Gasteiger partial charge in [-0.05, 0) is 107 Å². The second-order valence-corrected chi connectivity index (χ2v) is 20.9. The van der Waals surface area contributed by atoms with E-state index < -0.39 is 69.9 Å². The summed E-state index contributed by atoms with van der Waals surface area (Å²) in [6.45, 7) is 39.5. The highest BCUT2D eigenvalue weighted by Crippen LogP contribution is 2.60. The van der Waals surface area contributed by atoms with Gasteiger partial charge in [0.1, 0.15) is 11.2 Å². The quantitative estimate of drug-likeness (QED) is 0.140. The zero-order valence-corrected chi connectivity index (χ0v) is 38.7. The maximum Gasteiger partial charge on any atom is 0.163 e. The molecule has 4 N–H and O–H groups in total. The number of carbonyl (C=O) groups is 2. The zero-order chi connectivity index (χ0) is 45.3. The maximum absolute atomic E-state index is 12.9. The van der Waals surface area contributed by atoms with Crippen LogP contribution in [0.3, 0.4) is 0 Å². The first-order chi connectivity index (χ1) is 27.5. The van der Waals surface area contributed by atoms with Crippen molar-refractivity contribution in [3.05, 3.63) is 71.9 Å². The summed E-state index contributed by atoms with van der Waals surface area (Å²) in [5, 5.41) is 48.9. The summed E-state index contributed by atoms with van der Waals surface area (Å²) in [6.07, 6.45) is 4.67. The summed E-state index contributed by atoms with van der Waals surface area (Å²) in [7, 11) is 0. The second kappa shape index (κ2) is 16.9. The van der Waals surface area contributed by atoms with Crippen molar-refractivity contribution >= 4 is 11.6 Å². The molecule has 10 heteroatoms. The van der Waals surface area contributed by atoms with Gasteiger partial charge in [-0.3, -0.25) is 9.59 Å². The number of hydrogen-bond donors (Lipinski definition) is 4. The van der Waals surface area contributed by atoms with Crippen LogP contribution in [0, 0.1) is 47.3 Å². The minimum Gasteiger partial charge on any atom is -0.388 e. The summed E-state index contributed by atoms with van der Waals surface area (Å²) in [4.78, 5) is 25.7. The molecule has 2 aliphatic heterocycles. The van der Waals surface area contributed by atoms with Gasteiger partial charge < -0.3 is 39.4 Å². The van der Waals surface area contributed by atoms with Gasteiger partial charge in [0.15, 0.2) is 23.1 Å². The normalized spacial score (nSPS) is 43.3. The van der Waals surface area contributed by atoms with Crippen molar-refractivity contribution in [2.24, 2.45) is 47.3 Å². The lowest BCUT2D eigenvalue weighted by atomic mass is 9.56. The van der Waals surface area contributed by atoms with Gasteiger partial charge in [-0.2, -0.15) is 0 Å². The molecule has 0 bridgehead atoms. The van der Waals surface area contributed by atoms with E-state index >= 15 is 0 Å². The van der Waals surface area contributed by atoms with Crippen molar-refractivity contribution in [3.63, 3.8) is 0 Å². The Bertz CT molecular complexity index is 1680. The lowest BCUT2D eigenvalue weighted by Gasteiger charge is -2.53. The van der Waals surface area contributed by atoms with Crippen LogP contribution in [0.1, 0.15) is 122 Å². The molecule has 4 aliphatic carbocycles. The van der Waals surface area contributed by atoms with E-state index in [9.17, 15) is 30.0 Å². The molecule has 10 nitrogen and oxygen atoms in total. The van der Waals surface area contributed by atoms with Crippen molar-refractivity contribution in [2.45, 2.75) is 168 Å². The van der Waals surface area contributed by atoms with Crippen LogP contribution in [-0.2, 0) is 28.5 Å². The summed E-state index contributed by atoms with van der Waals surface area (Å²) in [6, 6.07) is 0. The average Bonchev–Trinajstić information content (AvgIpc) is 3.55. The van der Waals surface area contributed by atoms with Crippen LogP contribution < -0.4 is 0 Å². The standard InChI is InChI=1S/2C25H38O5/c2*1-9-18-21(15(4)5)19(26)10-16(6)25(18,28)20-11-17-13-29-23(7,8)30-22(17)24(20,27)12-14(2)3/h2*9,16-18,20,22,27-28H,1-2,10-13H2,3-8H3/t2*16-,17-,18+,20-,22+,24-,25-/m10/s1. The molecule has 4 saturated carbocycles. The molecule has 14 atom stereocenters. The molecule has 0 unspecified atom stereocenters. The number of allylic oxidation sites excluding steroid dienone is 2. The first-order valence-corrected chi connectivity index (χ1v) is 22.0. The third-order valence-corrected chi connectivity index (χ3v) is 14.9. The average molecular weight is 837 g/mol. The highest BCUT2D eigenvalue weighted by atomic mass is 16.7. The number of ketones is 2. The molecule has 0 spiro atoms. The van der Waals surface area contributed by atoms with E-state index in [0.29, 0.717) is 50.0 Å². The predicted octanol–water partition coefficient (Wildman–Crippen LogP) is 7.90. The Kier molecular flexibility index (Phi) is 13.6. The molecule has 2 saturated heterocycles. The SMILES string of the molecule is C=C[C@@H]1C(=C(C)C)C(=O)C[C@H](C)[C@@]1(O)[C@H]1C[C@H]2COC(C)(C)O[C@H]2[C@]1(O)CC(=C)C.C=C[C@H]1C(=C(C)C)C(=O)C[C@@H](C)[C@]1(O)[C@@H]1C[C@@H]2COC(C)(C)O[C@@H]2[C@@]1(O)CC(=C)C. The number of ether oxygens (including phenoxy) is 4. The van der Waals surface area contributed by atoms with Crippen molar-refractivity contribution < 1.29 is 49.0 Å². The highest BCUT2D eigenvalue weighted by molar-refractivity contribution is 5.99. The van der Waals surface area contributed by atoms with E-state index in [-0.39, 0.29) is 48.1 Å². The molecule has 6 rings (SSSR count). The number of carbonyl (C=O) groups excluding carboxylic acids is 2. The van der Waals surface area contributed by atoms with E-state index in [1.165, 1.54) is 0 Å². The van der Waals surface area contributed by atoms with Crippen LogP contribution in [0.15, 0.2) is 71.9 Å². The fraction of sp³-hybridized carbons (Fsp3) is 0.720. The summed E-state index contributed by atoms with van der Waals surface area (Å²) in [5.41, 5.74) is -0.595. The van der Waals surface area contributed by atoms with E-state index in [2.05, 4.69) is 26.3 Å². The molecular formula is C50H76O10. The Labute approximate surface area is 359 Å². The summed E-state index contributed by atoms with van der Waals surface area (Å²) in [5.74, 6) is -4.35. The van der Waals surface area contributed by atoms with Crippen molar-refractivity contribution in [1.82, 2.24) is 0 Å². The van der Waals surface area contributed by atoms with Crippen LogP contribution in [0.5, 0.6) is 0 Å². The van der Waals surface area contributed by atoms with Crippen LogP contribution in [-0.4, -0.2) is 91.4 Å². The lowest BCUT2D eigenvalue weighted by Crippen LogP contribution is -2.63. The molecule has 0 aromatic heterocycles. The zero-order valence-electron chi connectivity index (χ0n) is 38.7. The van der Waals surface area contributed by atoms with E-state index in [0.717, 1.165) is 22.3 Å². The minimum atomic E-state index is -1.32. The van der Waals surface area contributed by atoms with Gasteiger partial charge in [-0.15, -0.1) is 26.3 Å². The Morgan fingerprint density at radius 1 is 0.633 bits per heavy atom. The monoisotopic (exact) mass is 837 g/mol. The number of Topliss-reactive ketones (excluding diaryl/α,β-unsaturated/α-hetero) is 2. The van der Waals surface area contributed by atoms with Gasteiger partial charge in [0.2, 0.25) is 0 Å². The highest BCUT2D eigenvalue weighted by Gasteiger charge is 2.69. The molecule has 0 radical (unpaired) electrons. The lowest BCUT2D eigenvalue weighted by molar-refractivity contribution is -0.315. The first-order valence-electron chi connectivity index (χ1n) is 22.0. The van der Waals surface area contributed by atoms with E-state index in [1.54, 1.807) is 12.2 Å². The maximum atomic E-state index is 12.9. The summed E-state index contributed by atoms with van der Waals surface area (Å²) >= 11 is 0. The van der Waals surface area contributed by atoms with Crippen LogP contribution in [0.4, 0.5) is 0 Å². The molecule has 336 valence electrons. The van der Waals surface area contributed by atoms with Gasteiger partial charge in [0.25, 0.3) is 0 Å². The first kappa shape index (κ1) is 48.5. The topological polar surface area (TPSA) is 152 Å². The van der Waals surface area contributed by atoms with E-state index in [4.69, 9.17) is 18.9 Å². The van der Waals surface area contributed by atoms with Gasteiger partial charge in [0.05, 0.1) is 36.6 Å². The molecular weight excluding hydrogens is 761 g/mol. The Morgan fingerprint density at radius 3 is 1.22 bits per heavy atom. The van der Waals surface area contributed by atoms with Crippen molar-refractivity contribution in [2.75, 3.05) is 13.2 Å². The van der Waals surface area contributed by atoms with Crippen molar-refractivity contribution in [1.29, 1.82) is 0 Å². The van der Waals surface area contributed by atoms with Gasteiger partial charge in [0, 0.05) is 59.5 Å². The van der Waals surface area contributed by atoms with Gasteiger partial charge in [-0.25, -0.2) is 0 Å². The largest absolute Gasteiger partial charge is 0.388 e. The number of hydrogen-bond acceptors (Lipinski definition) is 10. The Morgan fingerprint density at radius 2 is 0.950 bits per heavy atom. The third-order valence-electron chi connectivity index (χ3n) is 14.9. The van der Waals surface area contributed by atoms with E-state index in [1.807, 2.05) is 83.1 Å². The third kappa shape index (κ3) is 8.22. The molecule has 0 amide bonds. The molecule has 0 aromatic rings. The molecule has 2 heterocycles. The Hall–Kier alpha value is -2.54. The van der Waals surface area contributed by atoms with Crippen LogP contribution in [0.2, 0.25) is 0 Å². The van der Waals surface area contributed by atoms with Gasteiger partial charge >= 0.3 is 0 Å². The fourth-order valence-electron chi connectivity index (χ4n) is 12.5. The fourth-order valence-corrected chi connectivity index (χ4v) is 12.5. The van der Waals surface area contributed by atoms with Gasteiger partial charge in [-0.1, -0.05) is 48.3 Å². The van der Waals surface area contributed by atoms with Crippen LogP contribution in [0.25, 0.3) is 0 Å². The number of aliphatic hydroxyl groups is 4. The van der Waals surface area contributed by atoms with Crippen molar-refractivity contribution in [3.8, 4) is 0 Å². The predicted molar refractivity (Wildman–Crippen MR) is 233 cm³/mol. The number of fused-ring (bicyclic) bond motifs is 2. The Balaban J connectivity index is 0.000000228. The molecule has 6 fully saturated rings. The second-order valence-electron chi connectivity index (χ2n) is 20.9.